The molecule has 0 amide bonds. The van der Waals surface area contributed by atoms with E-state index < -0.39 is 21.3 Å². The summed E-state index contributed by atoms with van der Waals surface area (Å²) >= 11 is 0. The number of para-hydroxylation sites is 1. The number of benzene rings is 1. The number of rotatable bonds is 2. The Morgan fingerprint density at radius 3 is 2.44 bits per heavy atom. The van der Waals surface area contributed by atoms with Crippen molar-refractivity contribution in [2.75, 3.05) is 5.75 Å². The van der Waals surface area contributed by atoms with Crippen LogP contribution in [-0.4, -0.2) is 24.5 Å². The number of ketones is 1. The molecule has 134 valence electrons. The number of nitrogens with one attached hydrogen (secondary N) is 1. The van der Waals surface area contributed by atoms with Crippen LogP contribution in [0.3, 0.4) is 0 Å². The molecule has 0 saturated heterocycles. The number of hydrogen-bond donors (Lipinski definition) is 0. The van der Waals surface area contributed by atoms with Crippen LogP contribution < -0.4 is 4.98 Å². The average molecular weight is 361 g/mol. The van der Waals surface area contributed by atoms with E-state index >= 15 is 0 Å². The fourth-order valence-electron chi connectivity index (χ4n) is 4.47. The maximum absolute atomic E-state index is 11.8. The number of carbonyl (C=O) groups is 1. The second-order valence-electron chi connectivity index (χ2n) is 7.63. The van der Waals surface area contributed by atoms with E-state index in [9.17, 15) is 17.8 Å². The van der Waals surface area contributed by atoms with Gasteiger partial charge in [0.05, 0.1) is 15.9 Å². The van der Waals surface area contributed by atoms with Crippen LogP contribution in [0.1, 0.15) is 33.1 Å². The summed E-state index contributed by atoms with van der Waals surface area (Å²) in [6.07, 6.45) is 3.81. The molecule has 2 aromatic rings. The van der Waals surface area contributed by atoms with Crippen molar-refractivity contribution in [2.24, 2.45) is 16.7 Å². The molecule has 0 unspecified atom stereocenters. The summed E-state index contributed by atoms with van der Waals surface area (Å²) in [6, 6.07) is 12.3. The first-order chi connectivity index (χ1) is 11.7. The van der Waals surface area contributed by atoms with Crippen LogP contribution in [0.4, 0.5) is 0 Å². The van der Waals surface area contributed by atoms with Crippen molar-refractivity contribution in [2.45, 2.75) is 33.1 Å². The maximum atomic E-state index is 11.8. The van der Waals surface area contributed by atoms with E-state index in [-0.39, 0.29) is 17.1 Å². The van der Waals surface area contributed by atoms with Crippen LogP contribution in [0.15, 0.2) is 42.6 Å². The third-order valence-electron chi connectivity index (χ3n) is 6.13. The van der Waals surface area contributed by atoms with Crippen LogP contribution in [-0.2, 0) is 14.9 Å². The van der Waals surface area contributed by atoms with Gasteiger partial charge in [-0.15, -0.1) is 0 Å². The summed E-state index contributed by atoms with van der Waals surface area (Å²) in [5.74, 6) is -0.280. The van der Waals surface area contributed by atoms with Gasteiger partial charge in [-0.05, 0) is 36.3 Å². The van der Waals surface area contributed by atoms with Crippen LogP contribution in [0.25, 0.3) is 10.9 Å². The Bertz CT molecular complexity index is 841. The summed E-state index contributed by atoms with van der Waals surface area (Å²) in [5, 5.41) is 1.25. The summed E-state index contributed by atoms with van der Waals surface area (Å²) < 4.78 is 32.7. The van der Waals surface area contributed by atoms with Gasteiger partial charge in [-0.2, -0.15) is 0 Å². The Morgan fingerprint density at radius 2 is 1.88 bits per heavy atom. The molecule has 2 aliphatic rings. The lowest BCUT2D eigenvalue weighted by Crippen LogP contribution is -2.42. The Kier molecular flexibility index (Phi) is 4.45. The van der Waals surface area contributed by atoms with E-state index in [0.717, 1.165) is 6.42 Å². The zero-order valence-corrected chi connectivity index (χ0v) is 15.3. The molecule has 1 aromatic carbocycles. The van der Waals surface area contributed by atoms with Gasteiger partial charge in [0, 0.05) is 29.4 Å². The first-order valence-electron chi connectivity index (χ1n) is 8.48. The Hall–Kier alpha value is -1.79. The van der Waals surface area contributed by atoms with Crippen LogP contribution in [0, 0.1) is 16.7 Å². The van der Waals surface area contributed by atoms with E-state index in [4.69, 9.17) is 0 Å². The molecular weight excluding hydrogens is 338 g/mol. The molecule has 4 rings (SSSR count). The number of hydrogen-bond acceptors (Lipinski definition) is 4. The third kappa shape index (κ3) is 3.20. The van der Waals surface area contributed by atoms with Gasteiger partial charge in [-0.1, -0.05) is 26.0 Å². The second kappa shape index (κ2) is 6.18. The van der Waals surface area contributed by atoms with Crippen molar-refractivity contribution < 1.29 is 22.7 Å². The average Bonchev–Trinajstić information content (AvgIpc) is 2.88. The first-order valence-corrected chi connectivity index (χ1v) is 10.1. The van der Waals surface area contributed by atoms with E-state index in [2.05, 4.69) is 23.2 Å². The van der Waals surface area contributed by atoms with Gasteiger partial charge in [0.15, 0.2) is 6.20 Å². The molecule has 2 saturated carbocycles. The molecule has 25 heavy (non-hydrogen) atoms. The number of pyridine rings is 1. The molecule has 2 bridgehead atoms. The fourth-order valence-corrected chi connectivity index (χ4v) is 5.75. The Labute approximate surface area is 148 Å². The molecule has 5 nitrogen and oxygen atoms in total. The minimum atomic E-state index is -4.33. The monoisotopic (exact) mass is 361 g/mol. The predicted octanol–water partition coefficient (Wildman–Crippen LogP) is 2.58. The highest BCUT2D eigenvalue weighted by molar-refractivity contribution is 7.85. The molecule has 0 spiro atoms. The second-order valence-corrected chi connectivity index (χ2v) is 9.03. The van der Waals surface area contributed by atoms with Crippen LogP contribution in [0.2, 0.25) is 0 Å². The molecule has 2 aliphatic carbocycles. The third-order valence-corrected chi connectivity index (χ3v) is 6.98. The number of H-pyrrole nitrogens is 1. The Balaban J connectivity index is 0.000000157. The highest BCUT2D eigenvalue weighted by atomic mass is 32.2. The van der Waals surface area contributed by atoms with E-state index in [1.807, 2.05) is 38.2 Å². The zero-order chi connectivity index (χ0) is 18.3. The SMILES string of the molecule is CC1(C)[C@H]2CC[C@]1(CS(=O)(=O)[O-])C(=O)C2.c1ccc2[nH+]cccc2c1. The molecule has 0 radical (unpaired) electrons. The van der Waals surface area contributed by atoms with Crippen molar-refractivity contribution in [1.82, 2.24) is 0 Å². The number of Topliss-reactive ketones (excluding diaryl/α,β-unsaturated/α-hetero) is 1. The minimum absolute atomic E-state index is 0.0248. The van der Waals surface area contributed by atoms with Gasteiger partial charge in [0.2, 0.25) is 5.52 Å². The summed E-state index contributed by atoms with van der Waals surface area (Å²) in [5.41, 5.74) is -0.0372. The number of carbonyl (C=O) groups excluding carboxylic acids is 1. The molecule has 1 heterocycles. The standard InChI is InChI=1S/C10H16O4S.C9H7N/c1-9(2)7-3-4-10(9,8(11)5-7)6-15(12,13)14;1-2-6-9-8(4-1)5-3-7-10-9/h7H,3-6H2,1-2H3,(H,12,13,14);1-7H/t7-,10-;/m0./s1. The molecule has 0 aliphatic heterocycles. The number of aromatic amines is 1. The molecular formula is C19H23NO4S. The molecule has 2 atom stereocenters. The van der Waals surface area contributed by atoms with E-state index in [1.54, 1.807) is 0 Å². The van der Waals surface area contributed by atoms with Crippen LogP contribution in [0.5, 0.6) is 0 Å². The number of fused-ring (bicyclic) bond motifs is 3. The van der Waals surface area contributed by atoms with Gasteiger partial charge in [-0.25, -0.2) is 13.4 Å². The Morgan fingerprint density at radius 1 is 1.20 bits per heavy atom. The maximum Gasteiger partial charge on any atom is 0.210 e. The first kappa shape index (κ1) is 18.0. The minimum Gasteiger partial charge on any atom is -0.748 e. The predicted molar refractivity (Wildman–Crippen MR) is 93.6 cm³/mol. The van der Waals surface area contributed by atoms with Crippen molar-refractivity contribution in [1.29, 1.82) is 0 Å². The van der Waals surface area contributed by atoms with Gasteiger partial charge in [-0.3, -0.25) is 4.79 Å². The highest BCUT2D eigenvalue weighted by Gasteiger charge is 2.64. The number of aromatic nitrogens is 1. The normalized spacial score (nSPS) is 27.2. The fraction of sp³-hybridized carbons (Fsp3) is 0.474. The van der Waals surface area contributed by atoms with Crippen molar-refractivity contribution in [3.8, 4) is 0 Å². The quantitative estimate of drug-likeness (QED) is 0.769. The van der Waals surface area contributed by atoms with Gasteiger partial charge in [0.1, 0.15) is 5.78 Å². The van der Waals surface area contributed by atoms with Gasteiger partial charge < -0.3 is 4.55 Å². The topological polar surface area (TPSA) is 88.4 Å². The zero-order valence-electron chi connectivity index (χ0n) is 14.5. The van der Waals surface area contributed by atoms with Crippen LogP contribution >= 0.6 is 0 Å². The largest absolute Gasteiger partial charge is 0.748 e. The highest BCUT2D eigenvalue weighted by Crippen LogP contribution is 2.64. The van der Waals surface area contributed by atoms with Gasteiger partial charge >= 0.3 is 0 Å². The molecule has 1 N–H and O–H groups in total. The lowest BCUT2D eigenvalue weighted by molar-refractivity contribution is -0.344. The van der Waals surface area contributed by atoms with Gasteiger partial charge in [0.25, 0.3) is 0 Å². The lowest BCUT2D eigenvalue weighted by Gasteiger charge is -2.37. The molecule has 1 aromatic heterocycles. The van der Waals surface area contributed by atoms with Crippen molar-refractivity contribution in [3.63, 3.8) is 0 Å². The van der Waals surface area contributed by atoms with Crippen molar-refractivity contribution >= 4 is 26.8 Å². The lowest BCUT2D eigenvalue weighted by atomic mass is 9.70. The van der Waals surface area contributed by atoms with Crippen molar-refractivity contribution in [3.05, 3.63) is 42.6 Å². The summed E-state index contributed by atoms with van der Waals surface area (Å²) in [7, 11) is -4.33. The van der Waals surface area contributed by atoms with E-state index in [0.29, 0.717) is 12.8 Å². The summed E-state index contributed by atoms with van der Waals surface area (Å²) in [6.45, 7) is 3.83. The molecule has 6 heteroatoms. The molecule has 2 fully saturated rings. The smallest absolute Gasteiger partial charge is 0.210 e. The summed E-state index contributed by atoms with van der Waals surface area (Å²) in [4.78, 5) is 15.0. The van der Waals surface area contributed by atoms with E-state index in [1.165, 1.54) is 10.9 Å².